The Hall–Kier alpha value is -2.87. The van der Waals surface area contributed by atoms with Crippen molar-refractivity contribution >= 4 is 28.9 Å². The fourth-order valence-corrected chi connectivity index (χ4v) is 3.62. The number of carbonyl (C=O) groups is 1. The van der Waals surface area contributed by atoms with Gasteiger partial charge in [0.15, 0.2) is 5.82 Å². The van der Waals surface area contributed by atoms with Gasteiger partial charge in [-0.1, -0.05) is 18.5 Å². The number of fused-ring (bicyclic) bond motifs is 1. The zero-order chi connectivity index (χ0) is 22.2. The Morgan fingerprint density at radius 2 is 2.07 bits per heavy atom. The molecule has 3 rings (SSSR count). The topological polar surface area (TPSA) is 91.7 Å². The molecule has 0 aliphatic carbocycles. The highest BCUT2D eigenvalue weighted by Gasteiger charge is 2.30. The molecule has 2 N–H and O–H groups in total. The molecule has 7 nitrogen and oxygen atoms in total. The smallest absolute Gasteiger partial charge is 0.345 e. The quantitative estimate of drug-likeness (QED) is 0.573. The number of imidazole rings is 1. The van der Waals surface area contributed by atoms with Crippen molar-refractivity contribution in [3.8, 4) is 5.75 Å². The summed E-state index contributed by atoms with van der Waals surface area (Å²) in [6, 6.07) is 1.46. The van der Waals surface area contributed by atoms with Crippen LogP contribution in [0.2, 0.25) is 5.02 Å². The van der Waals surface area contributed by atoms with Gasteiger partial charge < -0.3 is 15.2 Å². The molecule has 0 radical (unpaired) electrons. The van der Waals surface area contributed by atoms with E-state index in [-0.39, 0.29) is 29.0 Å². The number of aromatic nitrogens is 3. The number of aryl methyl sites for hydroxylation is 1. The molecule has 0 aliphatic rings. The van der Waals surface area contributed by atoms with Crippen molar-refractivity contribution in [1.29, 1.82) is 0 Å². The normalized spacial score (nSPS) is 12.4. The van der Waals surface area contributed by atoms with Crippen LogP contribution in [0.4, 0.5) is 10.2 Å². The lowest BCUT2D eigenvalue weighted by Gasteiger charge is -2.22. The van der Waals surface area contributed by atoms with E-state index >= 15 is 0 Å². The van der Waals surface area contributed by atoms with Crippen molar-refractivity contribution in [3.05, 3.63) is 51.9 Å². The molecule has 0 saturated heterocycles. The van der Waals surface area contributed by atoms with E-state index in [2.05, 4.69) is 9.97 Å². The maximum atomic E-state index is 14.9. The molecule has 2 heterocycles. The molecule has 30 heavy (non-hydrogen) atoms. The summed E-state index contributed by atoms with van der Waals surface area (Å²) in [5.41, 5.74) is 7.60. The summed E-state index contributed by atoms with van der Waals surface area (Å²) in [7, 11) is 0. The zero-order valence-electron chi connectivity index (χ0n) is 17.5. The Morgan fingerprint density at radius 3 is 2.70 bits per heavy atom. The summed E-state index contributed by atoms with van der Waals surface area (Å²) >= 11 is 6.16. The van der Waals surface area contributed by atoms with Crippen molar-refractivity contribution in [3.63, 3.8) is 0 Å². The van der Waals surface area contributed by atoms with Gasteiger partial charge in [-0.25, -0.2) is 19.2 Å². The third-order valence-electron chi connectivity index (χ3n) is 4.67. The van der Waals surface area contributed by atoms with Gasteiger partial charge in [-0.2, -0.15) is 0 Å². The number of nitrogens with zero attached hydrogens (tertiary/aromatic N) is 3. The summed E-state index contributed by atoms with van der Waals surface area (Å²) in [5, 5.41) is -0.199. The lowest BCUT2D eigenvalue weighted by atomic mass is 9.96. The number of rotatable bonds is 6. The van der Waals surface area contributed by atoms with Gasteiger partial charge in [-0.15, -0.1) is 0 Å². The van der Waals surface area contributed by atoms with Crippen LogP contribution in [0.5, 0.6) is 5.75 Å². The van der Waals surface area contributed by atoms with E-state index in [1.807, 2.05) is 18.2 Å². The molecular formula is C21H24ClFN4O3. The fraction of sp³-hybridized carbons (Fsp3) is 0.381. The van der Waals surface area contributed by atoms with Crippen LogP contribution < -0.4 is 10.5 Å². The first-order valence-electron chi connectivity index (χ1n) is 9.62. The van der Waals surface area contributed by atoms with Crippen molar-refractivity contribution in [2.45, 2.75) is 46.6 Å². The SMILES string of the molecule is CCOC(=O)c1c(F)c(Cl)cc([C@H](C)c2nc(C)c3c(N)nccn23)c1OC(C)C. The second-order valence-electron chi connectivity index (χ2n) is 7.16. The summed E-state index contributed by atoms with van der Waals surface area (Å²) < 4.78 is 27.7. The third kappa shape index (κ3) is 3.79. The molecule has 0 spiro atoms. The number of nitrogen functional groups attached to an aromatic ring is 1. The monoisotopic (exact) mass is 434 g/mol. The number of benzene rings is 1. The van der Waals surface area contributed by atoms with Gasteiger partial charge in [0.2, 0.25) is 0 Å². The van der Waals surface area contributed by atoms with Crippen molar-refractivity contribution < 1.29 is 18.7 Å². The summed E-state index contributed by atoms with van der Waals surface area (Å²) in [5.74, 6) is -1.05. The maximum Gasteiger partial charge on any atom is 0.345 e. The molecule has 0 bridgehead atoms. The molecule has 2 aromatic heterocycles. The fourth-order valence-electron chi connectivity index (χ4n) is 3.41. The number of anilines is 1. The van der Waals surface area contributed by atoms with Crippen molar-refractivity contribution in [2.75, 3.05) is 12.3 Å². The number of ether oxygens (including phenoxy) is 2. The van der Waals surface area contributed by atoms with Crippen LogP contribution in [0.25, 0.3) is 5.52 Å². The van der Waals surface area contributed by atoms with E-state index in [0.29, 0.717) is 28.4 Å². The molecule has 0 fully saturated rings. The highest BCUT2D eigenvalue weighted by Crippen LogP contribution is 2.40. The maximum absolute atomic E-state index is 14.9. The molecule has 0 unspecified atom stereocenters. The minimum Gasteiger partial charge on any atom is -0.490 e. The first-order chi connectivity index (χ1) is 14.2. The lowest BCUT2D eigenvalue weighted by Crippen LogP contribution is -2.17. The van der Waals surface area contributed by atoms with Gasteiger partial charge in [-0.3, -0.25) is 4.40 Å². The molecule has 9 heteroatoms. The second kappa shape index (κ2) is 8.47. The van der Waals surface area contributed by atoms with Gasteiger partial charge in [-0.05, 0) is 33.8 Å². The average Bonchev–Trinajstić information content (AvgIpc) is 3.02. The first-order valence-corrected chi connectivity index (χ1v) is 9.99. The molecule has 0 amide bonds. The number of hydrogen-bond donors (Lipinski definition) is 1. The Balaban J connectivity index is 2.27. The number of esters is 1. The lowest BCUT2D eigenvalue weighted by molar-refractivity contribution is 0.0514. The van der Waals surface area contributed by atoms with Crippen LogP contribution in [-0.4, -0.2) is 33.0 Å². The van der Waals surface area contributed by atoms with Gasteiger partial charge in [0, 0.05) is 23.9 Å². The Kier molecular flexibility index (Phi) is 6.17. The summed E-state index contributed by atoms with van der Waals surface area (Å²) in [6.07, 6.45) is 3.01. The highest BCUT2D eigenvalue weighted by atomic mass is 35.5. The zero-order valence-corrected chi connectivity index (χ0v) is 18.2. The Labute approximate surface area is 179 Å². The highest BCUT2D eigenvalue weighted by molar-refractivity contribution is 6.31. The van der Waals surface area contributed by atoms with Gasteiger partial charge in [0.05, 0.1) is 23.4 Å². The summed E-state index contributed by atoms with van der Waals surface area (Å²) in [4.78, 5) is 21.3. The van der Waals surface area contributed by atoms with E-state index in [1.165, 1.54) is 6.07 Å². The number of hydrogen-bond acceptors (Lipinski definition) is 6. The number of carbonyl (C=O) groups excluding carboxylic acids is 1. The predicted molar refractivity (Wildman–Crippen MR) is 113 cm³/mol. The van der Waals surface area contributed by atoms with Gasteiger partial charge >= 0.3 is 5.97 Å². The van der Waals surface area contributed by atoms with Gasteiger partial charge in [0.1, 0.15) is 28.5 Å². The van der Waals surface area contributed by atoms with Crippen molar-refractivity contribution in [1.82, 2.24) is 14.4 Å². The first kappa shape index (κ1) is 21.8. The van der Waals surface area contributed by atoms with Crippen LogP contribution in [0, 0.1) is 12.7 Å². The van der Waals surface area contributed by atoms with E-state index < -0.39 is 17.7 Å². The van der Waals surface area contributed by atoms with E-state index in [0.717, 1.165) is 0 Å². The van der Waals surface area contributed by atoms with Crippen molar-refractivity contribution in [2.24, 2.45) is 0 Å². The van der Waals surface area contributed by atoms with E-state index in [1.54, 1.807) is 33.2 Å². The molecule has 1 aromatic carbocycles. The molecule has 160 valence electrons. The minimum atomic E-state index is -0.876. The molecular weight excluding hydrogens is 411 g/mol. The largest absolute Gasteiger partial charge is 0.490 e. The minimum absolute atomic E-state index is 0.0904. The van der Waals surface area contributed by atoms with E-state index in [9.17, 15) is 9.18 Å². The molecule has 3 aromatic rings. The van der Waals surface area contributed by atoms with Crippen LogP contribution >= 0.6 is 11.6 Å². The van der Waals surface area contributed by atoms with Crippen LogP contribution in [0.15, 0.2) is 18.5 Å². The predicted octanol–water partition coefficient (Wildman–Crippen LogP) is 4.53. The Bertz CT molecular complexity index is 1110. The molecule has 1 atom stereocenters. The molecule has 0 saturated carbocycles. The van der Waals surface area contributed by atoms with E-state index in [4.69, 9.17) is 26.8 Å². The second-order valence-corrected chi connectivity index (χ2v) is 7.57. The van der Waals surface area contributed by atoms with Crippen LogP contribution in [-0.2, 0) is 4.74 Å². The van der Waals surface area contributed by atoms with Gasteiger partial charge in [0.25, 0.3) is 0 Å². The van der Waals surface area contributed by atoms with Crippen LogP contribution in [0.1, 0.15) is 61.1 Å². The summed E-state index contributed by atoms with van der Waals surface area (Å²) in [6.45, 7) is 9.01. The molecule has 0 aliphatic heterocycles. The number of nitrogens with two attached hydrogens (primary N) is 1. The van der Waals surface area contributed by atoms with Crippen LogP contribution in [0.3, 0.4) is 0 Å². The Morgan fingerprint density at radius 1 is 1.37 bits per heavy atom. The standard InChI is InChI=1S/C21H24ClFN4O3/c1-6-29-21(28)15-16(23)14(22)9-13(18(15)30-10(2)3)11(4)20-26-12(5)17-19(24)25-7-8-27(17)20/h7-11H,6H2,1-5H3,(H2,24,25)/t11-/m0/s1. The third-order valence-corrected chi connectivity index (χ3v) is 4.95. The number of halogens is 2. The average molecular weight is 435 g/mol.